The molecule has 0 aliphatic carbocycles. The minimum absolute atomic E-state index is 0.352. The number of hydrogen-bond acceptors (Lipinski definition) is 6. The fourth-order valence-electron chi connectivity index (χ4n) is 1.50. The Labute approximate surface area is 109 Å². The fourth-order valence-corrected chi connectivity index (χ4v) is 1.50. The molecule has 19 heavy (non-hydrogen) atoms. The Morgan fingerprint density at radius 2 is 2.00 bits per heavy atom. The number of hydrogen-bond donors (Lipinski definition) is 1. The van der Waals surface area contributed by atoms with Crippen molar-refractivity contribution in [3.63, 3.8) is 0 Å². The molecule has 3 aromatic rings. The minimum Gasteiger partial charge on any atom is -0.422 e. The molecule has 0 spiro atoms. The Balaban J connectivity index is 1.74. The van der Waals surface area contributed by atoms with E-state index in [4.69, 9.17) is 9.25 Å². The van der Waals surface area contributed by atoms with E-state index >= 15 is 0 Å². The van der Waals surface area contributed by atoms with Crippen LogP contribution in [0.2, 0.25) is 0 Å². The molecule has 0 saturated heterocycles. The second-order valence-electron chi connectivity index (χ2n) is 3.69. The molecule has 0 amide bonds. The van der Waals surface area contributed by atoms with Gasteiger partial charge >= 0.3 is 0 Å². The first-order chi connectivity index (χ1) is 9.42. The third kappa shape index (κ3) is 2.68. The standard InChI is InChI=1S/C13H10N4O2/c1-2-4-10(5-3-1)17-19-11-6-7-14-12(8-11)13-16-15-9-18-13/h1-9,17H. The lowest BCUT2D eigenvalue weighted by atomic mass is 10.3. The molecule has 0 aliphatic heterocycles. The van der Waals surface area contributed by atoms with Gasteiger partial charge in [-0.3, -0.25) is 4.98 Å². The summed E-state index contributed by atoms with van der Waals surface area (Å²) in [6.07, 6.45) is 2.87. The Morgan fingerprint density at radius 1 is 1.11 bits per heavy atom. The van der Waals surface area contributed by atoms with Crippen molar-refractivity contribution in [2.75, 3.05) is 5.48 Å². The fraction of sp³-hybridized carbons (Fsp3) is 0. The number of nitrogens with zero attached hydrogens (tertiary/aromatic N) is 3. The third-order valence-corrected chi connectivity index (χ3v) is 2.37. The number of nitrogens with one attached hydrogen (secondary N) is 1. The van der Waals surface area contributed by atoms with Crippen LogP contribution in [0.25, 0.3) is 11.6 Å². The number of para-hydroxylation sites is 1. The maximum atomic E-state index is 5.45. The number of anilines is 1. The predicted octanol–water partition coefficient (Wildman–Crippen LogP) is 2.54. The number of pyridine rings is 1. The molecule has 0 fully saturated rings. The summed E-state index contributed by atoms with van der Waals surface area (Å²) in [5.41, 5.74) is 4.26. The van der Waals surface area contributed by atoms with Gasteiger partial charge in [-0.2, -0.15) is 0 Å². The van der Waals surface area contributed by atoms with Crippen LogP contribution in [0.4, 0.5) is 5.69 Å². The van der Waals surface area contributed by atoms with E-state index in [1.807, 2.05) is 30.3 Å². The van der Waals surface area contributed by atoms with Crippen molar-refractivity contribution in [3.8, 4) is 17.3 Å². The summed E-state index contributed by atoms with van der Waals surface area (Å²) in [6.45, 7) is 0. The maximum absolute atomic E-state index is 5.45. The van der Waals surface area contributed by atoms with Gasteiger partial charge in [0, 0.05) is 18.3 Å². The van der Waals surface area contributed by atoms with E-state index in [2.05, 4.69) is 20.7 Å². The monoisotopic (exact) mass is 254 g/mol. The quantitative estimate of drug-likeness (QED) is 0.721. The van der Waals surface area contributed by atoms with Gasteiger partial charge in [-0.05, 0) is 12.1 Å². The van der Waals surface area contributed by atoms with Crippen molar-refractivity contribution < 1.29 is 9.25 Å². The third-order valence-electron chi connectivity index (χ3n) is 2.37. The summed E-state index contributed by atoms with van der Waals surface area (Å²) < 4.78 is 5.08. The smallest absolute Gasteiger partial charge is 0.266 e. The summed E-state index contributed by atoms with van der Waals surface area (Å²) in [5, 5.41) is 7.40. The highest BCUT2D eigenvalue weighted by Crippen LogP contribution is 2.19. The molecule has 0 unspecified atom stereocenters. The molecule has 0 radical (unpaired) electrons. The average Bonchev–Trinajstić information content (AvgIpc) is 3.01. The molecule has 3 rings (SSSR count). The van der Waals surface area contributed by atoms with Crippen molar-refractivity contribution in [3.05, 3.63) is 55.1 Å². The highest BCUT2D eigenvalue weighted by Gasteiger charge is 2.06. The predicted molar refractivity (Wildman–Crippen MR) is 68.2 cm³/mol. The topological polar surface area (TPSA) is 73.1 Å². The largest absolute Gasteiger partial charge is 0.422 e. The molecule has 94 valence electrons. The first-order valence-electron chi connectivity index (χ1n) is 5.62. The van der Waals surface area contributed by atoms with Gasteiger partial charge in [0.05, 0.1) is 5.69 Å². The Kier molecular flexibility index (Phi) is 3.05. The average molecular weight is 254 g/mol. The molecule has 1 N–H and O–H groups in total. The first kappa shape index (κ1) is 11.2. The lowest BCUT2D eigenvalue weighted by molar-refractivity contribution is 0.404. The van der Waals surface area contributed by atoms with Crippen LogP contribution in [0.5, 0.6) is 5.75 Å². The summed E-state index contributed by atoms with van der Waals surface area (Å²) in [7, 11) is 0. The first-order valence-corrected chi connectivity index (χ1v) is 5.62. The zero-order valence-electron chi connectivity index (χ0n) is 9.85. The Bertz CT molecular complexity index is 641. The summed E-state index contributed by atoms with van der Waals surface area (Å²) in [5.74, 6) is 0.956. The SMILES string of the molecule is c1ccc(NOc2ccnc(-c3nnco3)c2)cc1. The molecular formula is C13H10N4O2. The zero-order chi connectivity index (χ0) is 12.9. The van der Waals surface area contributed by atoms with E-state index in [0.717, 1.165) is 5.69 Å². The number of benzene rings is 1. The van der Waals surface area contributed by atoms with Crippen LogP contribution in [0, 0.1) is 0 Å². The maximum Gasteiger partial charge on any atom is 0.266 e. The van der Waals surface area contributed by atoms with Crippen molar-refractivity contribution in [2.24, 2.45) is 0 Å². The van der Waals surface area contributed by atoms with E-state index in [1.165, 1.54) is 6.39 Å². The normalized spacial score (nSPS) is 10.1. The van der Waals surface area contributed by atoms with Crippen LogP contribution in [0.15, 0.2) is 59.5 Å². The minimum atomic E-state index is 0.352. The zero-order valence-corrected chi connectivity index (χ0v) is 9.85. The molecule has 0 bridgehead atoms. The van der Waals surface area contributed by atoms with Gasteiger partial charge in [0.1, 0.15) is 5.69 Å². The van der Waals surface area contributed by atoms with E-state index < -0.39 is 0 Å². The van der Waals surface area contributed by atoms with Crippen LogP contribution in [-0.4, -0.2) is 15.2 Å². The molecule has 0 aliphatic rings. The lowest BCUT2D eigenvalue weighted by Gasteiger charge is -2.07. The molecule has 0 atom stereocenters. The molecule has 6 heteroatoms. The molecule has 2 heterocycles. The summed E-state index contributed by atoms with van der Waals surface area (Å²) in [6, 6.07) is 13.0. The Hall–Kier alpha value is -2.89. The van der Waals surface area contributed by atoms with Crippen LogP contribution < -0.4 is 10.3 Å². The second-order valence-corrected chi connectivity index (χ2v) is 3.69. The van der Waals surface area contributed by atoms with Gasteiger partial charge in [-0.25, -0.2) is 5.48 Å². The molecule has 2 aromatic heterocycles. The number of rotatable bonds is 4. The van der Waals surface area contributed by atoms with Crippen LogP contribution in [0.3, 0.4) is 0 Å². The van der Waals surface area contributed by atoms with Crippen molar-refractivity contribution in [1.29, 1.82) is 0 Å². The summed E-state index contributed by atoms with van der Waals surface area (Å²) >= 11 is 0. The Morgan fingerprint density at radius 3 is 2.79 bits per heavy atom. The number of aromatic nitrogens is 3. The second kappa shape index (κ2) is 5.18. The van der Waals surface area contributed by atoms with Crippen molar-refractivity contribution in [2.45, 2.75) is 0 Å². The molecular weight excluding hydrogens is 244 g/mol. The molecule has 6 nitrogen and oxygen atoms in total. The van der Waals surface area contributed by atoms with E-state index in [0.29, 0.717) is 17.3 Å². The molecule has 0 saturated carbocycles. The van der Waals surface area contributed by atoms with Gasteiger partial charge in [-0.15, -0.1) is 10.2 Å². The van der Waals surface area contributed by atoms with E-state index in [1.54, 1.807) is 18.3 Å². The van der Waals surface area contributed by atoms with Gasteiger partial charge < -0.3 is 9.25 Å². The van der Waals surface area contributed by atoms with Gasteiger partial charge in [0.25, 0.3) is 5.89 Å². The summed E-state index contributed by atoms with van der Waals surface area (Å²) in [4.78, 5) is 9.58. The van der Waals surface area contributed by atoms with Crippen LogP contribution in [-0.2, 0) is 0 Å². The highest BCUT2D eigenvalue weighted by molar-refractivity contribution is 5.49. The lowest BCUT2D eigenvalue weighted by Crippen LogP contribution is -2.04. The van der Waals surface area contributed by atoms with E-state index in [-0.39, 0.29) is 0 Å². The van der Waals surface area contributed by atoms with Crippen molar-refractivity contribution >= 4 is 5.69 Å². The van der Waals surface area contributed by atoms with E-state index in [9.17, 15) is 0 Å². The molecule has 1 aromatic carbocycles. The van der Waals surface area contributed by atoms with Gasteiger partial charge in [0.2, 0.25) is 6.39 Å². The van der Waals surface area contributed by atoms with Crippen molar-refractivity contribution in [1.82, 2.24) is 15.2 Å². The van der Waals surface area contributed by atoms with Gasteiger partial charge in [0.15, 0.2) is 5.75 Å². The highest BCUT2D eigenvalue weighted by atomic mass is 16.6. The van der Waals surface area contributed by atoms with Crippen LogP contribution >= 0.6 is 0 Å². The van der Waals surface area contributed by atoms with Crippen LogP contribution in [0.1, 0.15) is 0 Å². The van der Waals surface area contributed by atoms with Gasteiger partial charge in [-0.1, -0.05) is 18.2 Å².